The second-order valence-electron chi connectivity index (χ2n) is 7.28. The molecule has 1 saturated carbocycles. The maximum atomic E-state index is 11.1. The molecule has 5 heteroatoms. The fourth-order valence-electron chi connectivity index (χ4n) is 3.27. The van der Waals surface area contributed by atoms with Gasteiger partial charge in [0.15, 0.2) is 0 Å². The molecule has 0 atom stereocenters. The average molecular weight is 348 g/mol. The number of carbonyl (C=O) groups excluding carboxylic acids is 1. The van der Waals surface area contributed by atoms with Crippen molar-refractivity contribution in [2.24, 2.45) is 0 Å². The second-order valence-corrected chi connectivity index (χ2v) is 7.28. The van der Waals surface area contributed by atoms with Crippen molar-refractivity contribution in [1.29, 1.82) is 0 Å². The molecule has 1 amide bonds. The largest absolute Gasteiger partial charge is 0.494 e. The first-order valence-electron chi connectivity index (χ1n) is 9.40. The van der Waals surface area contributed by atoms with Gasteiger partial charge in [0, 0.05) is 32.1 Å². The van der Waals surface area contributed by atoms with Gasteiger partial charge in [-0.3, -0.25) is 4.79 Å². The van der Waals surface area contributed by atoms with Crippen LogP contribution < -0.4 is 15.4 Å². The van der Waals surface area contributed by atoms with Gasteiger partial charge in [0.05, 0.1) is 6.61 Å². The zero-order chi connectivity index (χ0) is 18.1. The van der Waals surface area contributed by atoms with Crippen LogP contribution in [0.1, 0.15) is 44.6 Å². The zero-order valence-corrected chi connectivity index (χ0v) is 15.9. The SMILES string of the molecule is CC(=O)NC1CCC(NCc2ccc(OCCCN(C)C)cc2)CC1. The van der Waals surface area contributed by atoms with E-state index in [9.17, 15) is 4.79 Å². The van der Waals surface area contributed by atoms with E-state index in [0.29, 0.717) is 12.1 Å². The van der Waals surface area contributed by atoms with E-state index in [1.807, 2.05) is 0 Å². The number of nitrogens with zero attached hydrogens (tertiary/aromatic N) is 1. The van der Waals surface area contributed by atoms with Crippen molar-refractivity contribution in [1.82, 2.24) is 15.5 Å². The molecule has 5 nitrogen and oxygen atoms in total. The first kappa shape index (κ1) is 19.7. The van der Waals surface area contributed by atoms with Gasteiger partial charge in [-0.25, -0.2) is 0 Å². The smallest absolute Gasteiger partial charge is 0.217 e. The van der Waals surface area contributed by atoms with Crippen LogP contribution in [0.5, 0.6) is 5.75 Å². The lowest BCUT2D eigenvalue weighted by molar-refractivity contribution is -0.119. The molecule has 1 aliphatic carbocycles. The highest BCUT2D eigenvalue weighted by atomic mass is 16.5. The Bertz CT molecular complexity index is 508. The third-order valence-corrected chi connectivity index (χ3v) is 4.67. The molecule has 2 N–H and O–H groups in total. The fourth-order valence-corrected chi connectivity index (χ4v) is 3.27. The van der Waals surface area contributed by atoms with E-state index >= 15 is 0 Å². The summed E-state index contributed by atoms with van der Waals surface area (Å²) in [7, 11) is 4.15. The van der Waals surface area contributed by atoms with Crippen LogP contribution in [0.2, 0.25) is 0 Å². The normalized spacial score (nSPS) is 20.5. The minimum atomic E-state index is 0.0837. The van der Waals surface area contributed by atoms with Crippen LogP contribution in [0.25, 0.3) is 0 Å². The van der Waals surface area contributed by atoms with E-state index < -0.39 is 0 Å². The summed E-state index contributed by atoms with van der Waals surface area (Å²) in [5.74, 6) is 1.03. The lowest BCUT2D eigenvalue weighted by Gasteiger charge is -2.29. The molecular formula is C20H33N3O2. The molecule has 0 bridgehead atoms. The number of benzene rings is 1. The van der Waals surface area contributed by atoms with Crippen molar-refractivity contribution < 1.29 is 9.53 Å². The molecule has 25 heavy (non-hydrogen) atoms. The fraction of sp³-hybridized carbons (Fsp3) is 0.650. The lowest BCUT2D eigenvalue weighted by Crippen LogP contribution is -2.41. The average Bonchev–Trinajstić information content (AvgIpc) is 2.58. The standard InChI is InChI=1S/C20H33N3O2/c1-16(24)22-19-9-7-18(8-10-19)21-15-17-5-11-20(12-6-17)25-14-4-13-23(2)3/h5-6,11-12,18-19,21H,4,7-10,13-15H2,1-3H3,(H,22,24). The number of hydrogen-bond donors (Lipinski definition) is 2. The van der Waals surface area contributed by atoms with Crippen LogP contribution in [0.4, 0.5) is 0 Å². The number of ether oxygens (including phenoxy) is 1. The molecule has 1 aromatic rings. The number of hydrogen-bond acceptors (Lipinski definition) is 4. The van der Waals surface area contributed by atoms with E-state index in [1.54, 1.807) is 6.92 Å². The molecule has 1 fully saturated rings. The Kier molecular flexibility index (Phi) is 8.22. The highest BCUT2D eigenvalue weighted by Gasteiger charge is 2.21. The molecule has 0 heterocycles. The van der Waals surface area contributed by atoms with Crippen molar-refractivity contribution in [2.75, 3.05) is 27.2 Å². The first-order chi connectivity index (χ1) is 12.0. The Labute approximate surface area is 152 Å². The van der Waals surface area contributed by atoms with Gasteiger partial charge in [-0.1, -0.05) is 12.1 Å². The van der Waals surface area contributed by atoms with E-state index in [-0.39, 0.29) is 5.91 Å². The molecule has 0 saturated heterocycles. The zero-order valence-electron chi connectivity index (χ0n) is 15.9. The van der Waals surface area contributed by atoms with Gasteiger partial charge in [-0.05, 0) is 63.9 Å². The highest BCUT2D eigenvalue weighted by Crippen LogP contribution is 2.19. The first-order valence-corrected chi connectivity index (χ1v) is 9.40. The van der Waals surface area contributed by atoms with Crippen molar-refractivity contribution in [3.8, 4) is 5.75 Å². The maximum Gasteiger partial charge on any atom is 0.217 e. The third kappa shape index (κ3) is 7.88. The van der Waals surface area contributed by atoms with Gasteiger partial charge in [-0.15, -0.1) is 0 Å². The number of rotatable bonds is 9. The van der Waals surface area contributed by atoms with Crippen molar-refractivity contribution in [3.05, 3.63) is 29.8 Å². The maximum absolute atomic E-state index is 11.1. The van der Waals surface area contributed by atoms with Gasteiger partial charge in [-0.2, -0.15) is 0 Å². The van der Waals surface area contributed by atoms with Crippen LogP contribution >= 0.6 is 0 Å². The van der Waals surface area contributed by atoms with E-state index in [1.165, 1.54) is 5.56 Å². The monoisotopic (exact) mass is 347 g/mol. The molecule has 0 aliphatic heterocycles. The molecule has 1 aromatic carbocycles. The Morgan fingerprint density at radius 2 is 1.76 bits per heavy atom. The Balaban J connectivity index is 1.64. The van der Waals surface area contributed by atoms with Crippen LogP contribution in [0.3, 0.4) is 0 Å². The summed E-state index contributed by atoms with van der Waals surface area (Å²) in [4.78, 5) is 13.3. The summed E-state index contributed by atoms with van der Waals surface area (Å²) in [6.07, 6.45) is 5.42. The molecule has 0 unspecified atom stereocenters. The quantitative estimate of drug-likeness (QED) is 0.674. The van der Waals surface area contributed by atoms with E-state index in [0.717, 1.165) is 57.6 Å². The molecule has 1 aliphatic rings. The van der Waals surface area contributed by atoms with Crippen molar-refractivity contribution >= 4 is 5.91 Å². The van der Waals surface area contributed by atoms with Crippen LogP contribution in [-0.2, 0) is 11.3 Å². The third-order valence-electron chi connectivity index (χ3n) is 4.67. The predicted octanol–water partition coefficient (Wildman–Crippen LogP) is 2.55. The van der Waals surface area contributed by atoms with Gasteiger partial charge in [0.2, 0.25) is 5.91 Å². The van der Waals surface area contributed by atoms with Gasteiger partial charge >= 0.3 is 0 Å². The Hall–Kier alpha value is -1.59. The molecule has 0 spiro atoms. The molecule has 140 valence electrons. The molecule has 2 rings (SSSR count). The lowest BCUT2D eigenvalue weighted by atomic mass is 9.91. The second kappa shape index (κ2) is 10.4. The Morgan fingerprint density at radius 3 is 2.36 bits per heavy atom. The van der Waals surface area contributed by atoms with Gasteiger partial charge in [0.25, 0.3) is 0 Å². The topological polar surface area (TPSA) is 53.6 Å². The summed E-state index contributed by atoms with van der Waals surface area (Å²) in [5.41, 5.74) is 1.28. The summed E-state index contributed by atoms with van der Waals surface area (Å²) >= 11 is 0. The summed E-state index contributed by atoms with van der Waals surface area (Å²) in [6, 6.07) is 9.29. The summed E-state index contributed by atoms with van der Waals surface area (Å²) in [6.45, 7) is 4.29. The van der Waals surface area contributed by atoms with E-state index in [2.05, 4.69) is 53.9 Å². The summed E-state index contributed by atoms with van der Waals surface area (Å²) in [5, 5.41) is 6.66. The molecular weight excluding hydrogens is 314 g/mol. The number of nitrogens with one attached hydrogen (secondary N) is 2. The van der Waals surface area contributed by atoms with Crippen LogP contribution in [0, 0.1) is 0 Å². The highest BCUT2D eigenvalue weighted by molar-refractivity contribution is 5.73. The van der Waals surface area contributed by atoms with Crippen LogP contribution in [-0.4, -0.2) is 50.1 Å². The molecule has 0 aromatic heterocycles. The van der Waals surface area contributed by atoms with Crippen LogP contribution in [0.15, 0.2) is 24.3 Å². The van der Waals surface area contributed by atoms with Gasteiger partial charge < -0.3 is 20.3 Å². The Morgan fingerprint density at radius 1 is 1.12 bits per heavy atom. The minimum absolute atomic E-state index is 0.0837. The van der Waals surface area contributed by atoms with Gasteiger partial charge in [0.1, 0.15) is 5.75 Å². The van der Waals surface area contributed by atoms with Crippen molar-refractivity contribution in [3.63, 3.8) is 0 Å². The number of carbonyl (C=O) groups is 1. The minimum Gasteiger partial charge on any atom is -0.494 e. The van der Waals surface area contributed by atoms with Crippen molar-refractivity contribution in [2.45, 2.75) is 57.7 Å². The summed E-state index contributed by atoms with van der Waals surface area (Å²) < 4.78 is 5.77. The molecule has 0 radical (unpaired) electrons. The van der Waals surface area contributed by atoms with E-state index in [4.69, 9.17) is 4.74 Å². The number of amides is 1. The predicted molar refractivity (Wildman–Crippen MR) is 102 cm³/mol.